The van der Waals surface area contributed by atoms with Gasteiger partial charge in [-0.1, -0.05) is 11.6 Å². The van der Waals surface area contributed by atoms with Gasteiger partial charge >= 0.3 is 5.97 Å². The number of rotatable bonds is 3. The van der Waals surface area contributed by atoms with Crippen molar-refractivity contribution < 1.29 is 9.53 Å². The molecule has 2 heterocycles. The lowest BCUT2D eigenvalue weighted by atomic mass is 10.2. The van der Waals surface area contributed by atoms with Crippen LogP contribution in [0.2, 0.25) is 5.02 Å². The van der Waals surface area contributed by atoms with E-state index in [0.29, 0.717) is 17.1 Å². The molecule has 17 heavy (non-hydrogen) atoms. The summed E-state index contributed by atoms with van der Waals surface area (Å²) in [6.07, 6.45) is 4.74. The molecule has 0 aliphatic carbocycles. The van der Waals surface area contributed by atoms with Crippen molar-refractivity contribution in [3.8, 4) is 0 Å². The monoisotopic (exact) mass is 251 g/mol. The van der Waals surface area contributed by atoms with Crippen LogP contribution in [0.4, 0.5) is 0 Å². The Balaban J connectivity index is 2.10. The van der Waals surface area contributed by atoms with Crippen LogP contribution in [0, 0.1) is 0 Å². The van der Waals surface area contributed by atoms with Crippen LogP contribution >= 0.6 is 11.6 Å². The van der Waals surface area contributed by atoms with Gasteiger partial charge in [-0.25, -0.2) is 4.79 Å². The smallest absolute Gasteiger partial charge is 0.339 e. The fourth-order valence-electron chi connectivity index (χ4n) is 1.35. The topological polar surface area (TPSA) is 57.0 Å². The first-order valence-corrected chi connectivity index (χ1v) is 5.28. The summed E-state index contributed by atoms with van der Waals surface area (Å²) in [5.41, 5.74) is 1.21. The van der Waals surface area contributed by atoms with E-state index >= 15 is 0 Å². The number of pyridine rings is 1. The lowest BCUT2D eigenvalue weighted by molar-refractivity contribution is 0.0600. The molecule has 0 aliphatic rings. The summed E-state index contributed by atoms with van der Waals surface area (Å²) in [6.45, 7) is 0.508. The maximum atomic E-state index is 11.2. The summed E-state index contributed by atoms with van der Waals surface area (Å²) < 4.78 is 6.25. The van der Waals surface area contributed by atoms with Crippen LogP contribution in [0.5, 0.6) is 0 Å². The molecular formula is C11H10ClN3O2. The largest absolute Gasteiger partial charge is 0.465 e. The first-order chi connectivity index (χ1) is 8.19. The van der Waals surface area contributed by atoms with Crippen LogP contribution in [-0.4, -0.2) is 27.8 Å². The number of carbonyl (C=O) groups is 1. The van der Waals surface area contributed by atoms with Crippen molar-refractivity contribution in [3.63, 3.8) is 0 Å². The van der Waals surface area contributed by atoms with Crippen LogP contribution < -0.4 is 0 Å². The quantitative estimate of drug-likeness (QED) is 0.780. The molecule has 0 N–H and O–H groups in total. The van der Waals surface area contributed by atoms with Gasteiger partial charge in [-0.3, -0.25) is 9.67 Å². The first-order valence-electron chi connectivity index (χ1n) is 4.90. The van der Waals surface area contributed by atoms with Crippen LogP contribution in [0.1, 0.15) is 16.1 Å². The van der Waals surface area contributed by atoms with E-state index in [9.17, 15) is 4.79 Å². The second-order valence-corrected chi connectivity index (χ2v) is 3.82. The number of nitrogens with zero attached hydrogens (tertiary/aromatic N) is 3. The average molecular weight is 252 g/mol. The normalized spacial score (nSPS) is 10.2. The molecule has 0 saturated heterocycles. The van der Waals surface area contributed by atoms with Crippen molar-refractivity contribution in [1.29, 1.82) is 0 Å². The van der Waals surface area contributed by atoms with Gasteiger partial charge in [-0.05, 0) is 12.1 Å². The Bertz CT molecular complexity index is 522. The Morgan fingerprint density at radius 3 is 2.82 bits per heavy atom. The van der Waals surface area contributed by atoms with E-state index in [4.69, 9.17) is 11.6 Å². The fraction of sp³-hybridized carbons (Fsp3) is 0.182. The fourth-order valence-corrected chi connectivity index (χ4v) is 1.50. The summed E-state index contributed by atoms with van der Waals surface area (Å²) >= 11 is 5.75. The van der Waals surface area contributed by atoms with Crippen LogP contribution in [0.3, 0.4) is 0 Å². The third-order valence-electron chi connectivity index (χ3n) is 2.17. The molecule has 0 atom stereocenters. The number of halogens is 1. The van der Waals surface area contributed by atoms with Gasteiger partial charge in [0, 0.05) is 12.4 Å². The average Bonchev–Trinajstić information content (AvgIpc) is 2.75. The number of hydrogen-bond donors (Lipinski definition) is 0. The highest BCUT2D eigenvalue weighted by atomic mass is 35.5. The molecule has 6 heteroatoms. The Kier molecular flexibility index (Phi) is 3.39. The molecule has 0 unspecified atom stereocenters. The number of hydrogen-bond acceptors (Lipinski definition) is 4. The molecule has 0 bridgehead atoms. The predicted molar refractivity (Wildman–Crippen MR) is 61.9 cm³/mol. The zero-order valence-corrected chi connectivity index (χ0v) is 9.89. The molecule has 0 saturated carbocycles. The van der Waals surface area contributed by atoms with Crippen molar-refractivity contribution in [1.82, 2.24) is 14.8 Å². The number of methoxy groups -OCH3 is 1. The predicted octanol–water partition coefficient (Wildman–Crippen LogP) is 1.77. The summed E-state index contributed by atoms with van der Waals surface area (Å²) in [6, 6.07) is 3.42. The molecule has 5 nitrogen and oxygen atoms in total. The Morgan fingerprint density at radius 2 is 2.29 bits per heavy atom. The van der Waals surface area contributed by atoms with Crippen LogP contribution in [0.15, 0.2) is 30.7 Å². The van der Waals surface area contributed by atoms with Gasteiger partial charge < -0.3 is 4.74 Å². The van der Waals surface area contributed by atoms with Crippen molar-refractivity contribution in [3.05, 3.63) is 47.0 Å². The highest BCUT2D eigenvalue weighted by Crippen LogP contribution is 2.07. The van der Waals surface area contributed by atoms with Gasteiger partial charge in [0.05, 0.1) is 36.1 Å². The number of carbonyl (C=O) groups excluding carboxylic acids is 1. The molecule has 2 rings (SSSR count). The van der Waals surface area contributed by atoms with Crippen molar-refractivity contribution >= 4 is 17.6 Å². The molecule has 0 aliphatic heterocycles. The number of esters is 1. The third kappa shape index (κ3) is 2.82. The standard InChI is InChI=1S/C11H10ClN3O2/c1-17-11(16)8-2-3-10(13-4-8)7-15-6-9(12)5-14-15/h2-6H,7H2,1H3. The lowest BCUT2D eigenvalue weighted by Crippen LogP contribution is -2.05. The van der Waals surface area contributed by atoms with Crippen molar-refractivity contribution in [2.75, 3.05) is 7.11 Å². The Hall–Kier alpha value is -1.88. The molecule has 88 valence electrons. The molecule has 0 radical (unpaired) electrons. The molecular weight excluding hydrogens is 242 g/mol. The molecule has 2 aromatic rings. The van der Waals surface area contributed by atoms with E-state index in [-0.39, 0.29) is 0 Å². The lowest BCUT2D eigenvalue weighted by Gasteiger charge is -2.02. The second kappa shape index (κ2) is 4.97. The van der Waals surface area contributed by atoms with Crippen molar-refractivity contribution in [2.24, 2.45) is 0 Å². The Morgan fingerprint density at radius 1 is 1.47 bits per heavy atom. The van der Waals surface area contributed by atoms with E-state index in [1.165, 1.54) is 13.3 Å². The number of aromatic nitrogens is 3. The number of ether oxygens (including phenoxy) is 1. The first kappa shape index (κ1) is 11.6. The minimum atomic E-state index is -0.397. The Labute approximate surface area is 103 Å². The minimum Gasteiger partial charge on any atom is -0.465 e. The summed E-state index contributed by atoms with van der Waals surface area (Å²) in [4.78, 5) is 15.3. The van der Waals surface area contributed by atoms with E-state index in [1.54, 1.807) is 29.2 Å². The maximum Gasteiger partial charge on any atom is 0.339 e. The summed E-state index contributed by atoms with van der Waals surface area (Å²) in [7, 11) is 1.34. The van der Waals surface area contributed by atoms with Gasteiger partial charge in [0.15, 0.2) is 0 Å². The molecule has 2 aromatic heterocycles. The zero-order valence-electron chi connectivity index (χ0n) is 9.13. The van der Waals surface area contributed by atoms with E-state index < -0.39 is 5.97 Å². The maximum absolute atomic E-state index is 11.2. The second-order valence-electron chi connectivity index (χ2n) is 3.39. The summed E-state index contributed by atoms with van der Waals surface area (Å²) in [5, 5.41) is 4.62. The molecule has 0 aromatic carbocycles. The van der Waals surface area contributed by atoms with Gasteiger partial charge in [-0.15, -0.1) is 0 Å². The van der Waals surface area contributed by atoms with Gasteiger partial charge in [0.1, 0.15) is 0 Å². The molecule has 0 amide bonds. The highest BCUT2D eigenvalue weighted by molar-refractivity contribution is 6.30. The minimum absolute atomic E-state index is 0.397. The van der Waals surface area contributed by atoms with E-state index in [2.05, 4.69) is 14.8 Å². The van der Waals surface area contributed by atoms with Crippen molar-refractivity contribution in [2.45, 2.75) is 6.54 Å². The SMILES string of the molecule is COC(=O)c1ccc(Cn2cc(Cl)cn2)nc1. The molecule has 0 spiro atoms. The summed E-state index contributed by atoms with van der Waals surface area (Å²) in [5.74, 6) is -0.397. The molecule has 0 fully saturated rings. The van der Waals surface area contributed by atoms with E-state index in [1.807, 2.05) is 0 Å². The zero-order chi connectivity index (χ0) is 12.3. The van der Waals surface area contributed by atoms with Crippen LogP contribution in [-0.2, 0) is 11.3 Å². The van der Waals surface area contributed by atoms with E-state index in [0.717, 1.165) is 5.69 Å². The van der Waals surface area contributed by atoms with Gasteiger partial charge in [0.25, 0.3) is 0 Å². The van der Waals surface area contributed by atoms with Gasteiger partial charge in [0.2, 0.25) is 0 Å². The van der Waals surface area contributed by atoms with Crippen LogP contribution in [0.25, 0.3) is 0 Å². The highest BCUT2D eigenvalue weighted by Gasteiger charge is 2.05. The van der Waals surface area contributed by atoms with Gasteiger partial charge in [-0.2, -0.15) is 5.10 Å². The third-order valence-corrected chi connectivity index (χ3v) is 2.37.